The van der Waals surface area contributed by atoms with Gasteiger partial charge in [0.1, 0.15) is 0 Å². The van der Waals surface area contributed by atoms with Crippen LogP contribution in [0.5, 0.6) is 0 Å². The van der Waals surface area contributed by atoms with Crippen LogP contribution in [0.1, 0.15) is 13.8 Å². The van der Waals surface area contributed by atoms with E-state index in [9.17, 15) is 4.79 Å². The average Bonchev–Trinajstić information content (AvgIpc) is 2.38. The van der Waals surface area contributed by atoms with Crippen LogP contribution in [0.3, 0.4) is 0 Å². The monoisotopic (exact) mass is 242 g/mol. The lowest BCUT2D eigenvalue weighted by Gasteiger charge is -1.99. The third-order valence-electron chi connectivity index (χ3n) is 1.41. The Morgan fingerprint density at radius 3 is 2.38 bits per heavy atom. The number of benzene rings is 1. The number of esters is 1. The number of nitrogens with one attached hydrogen (secondary N) is 1. The first-order chi connectivity index (χ1) is 7.74. The van der Waals surface area contributed by atoms with Crippen molar-refractivity contribution in [3.8, 4) is 0 Å². The first kappa shape index (κ1) is 14.5. The lowest BCUT2D eigenvalue weighted by atomic mass is 10.3. The van der Waals surface area contributed by atoms with Gasteiger partial charge in [-0.15, -0.1) is 0 Å². The van der Waals surface area contributed by atoms with Crippen LogP contribution < -0.4 is 5.43 Å². The standard InChI is InChI=1S/C9H9ClN2O2.C2H6/c1-14-9(13)8(10)12-11-7-5-3-2-4-6-7;1-2/h2-6,11H,1H3;1-2H3/b12-8+;. The second-order valence-electron chi connectivity index (χ2n) is 2.37. The van der Waals surface area contributed by atoms with Crippen molar-refractivity contribution in [1.29, 1.82) is 0 Å². The maximum Gasteiger partial charge on any atom is 0.370 e. The van der Waals surface area contributed by atoms with E-state index in [4.69, 9.17) is 11.6 Å². The molecule has 0 unspecified atom stereocenters. The predicted octanol–water partition coefficient (Wildman–Crippen LogP) is 2.85. The molecule has 0 aliphatic heterocycles. The van der Waals surface area contributed by atoms with Gasteiger partial charge in [0.05, 0.1) is 12.8 Å². The number of hydrazone groups is 1. The molecule has 16 heavy (non-hydrogen) atoms. The van der Waals surface area contributed by atoms with Gasteiger partial charge < -0.3 is 4.74 Å². The summed E-state index contributed by atoms with van der Waals surface area (Å²) in [5.41, 5.74) is 3.36. The number of rotatable bonds is 3. The molecule has 0 saturated carbocycles. The highest BCUT2D eigenvalue weighted by Crippen LogP contribution is 2.05. The zero-order valence-electron chi connectivity index (χ0n) is 9.53. The third kappa shape index (κ3) is 5.36. The van der Waals surface area contributed by atoms with E-state index >= 15 is 0 Å². The van der Waals surface area contributed by atoms with Gasteiger partial charge in [0.15, 0.2) is 0 Å². The molecule has 0 aliphatic carbocycles. The summed E-state index contributed by atoms with van der Waals surface area (Å²) in [7, 11) is 1.24. The molecule has 88 valence electrons. The highest BCUT2D eigenvalue weighted by Gasteiger charge is 2.06. The predicted molar refractivity (Wildman–Crippen MR) is 66.7 cm³/mol. The molecule has 0 radical (unpaired) electrons. The average molecular weight is 243 g/mol. The van der Waals surface area contributed by atoms with E-state index in [1.807, 2.05) is 32.0 Å². The van der Waals surface area contributed by atoms with Crippen LogP contribution in [0.15, 0.2) is 35.4 Å². The molecule has 0 fully saturated rings. The minimum atomic E-state index is -0.671. The quantitative estimate of drug-likeness (QED) is 0.504. The van der Waals surface area contributed by atoms with Crippen molar-refractivity contribution >= 4 is 28.4 Å². The highest BCUT2D eigenvalue weighted by molar-refractivity contribution is 6.82. The van der Waals surface area contributed by atoms with Crippen LogP contribution in [0, 0.1) is 0 Å². The van der Waals surface area contributed by atoms with Crippen molar-refractivity contribution in [3.05, 3.63) is 30.3 Å². The Bertz CT molecular complexity index is 339. The fourth-order valence-electron chi connectivity index (χ4n) is 0.756. The summed E-state index contributed by atoms with van der Waals surface area (Å²) in [6.07, 6.45) is 0. The van der Waals surface area contributed by atoms with E-state index in [2.05, 4.69) is 15.3 Å². The number of ether oxygens (including phenoxy) is 1. The molecule has 4 nitrogen and oxygen atoms in total. The second-order valence-corrected chi connectivity index (χ2v) is 2.73. The molecule has 0 bridgehead atoms. The molecule has 5 heteroatoms. The van der Waals surface area contributed by atoms with Gasteiger partial charge >= 0.3 is 5.97 Å². The Kier molecular flexibility index (Phi) is 7.89. The lowest BCUT2D eigenvalue weighted by Crippen LogP contribution is -2.11. The first-order valence-corrected chi connectivity index (χ1v) is 5.24. The minimum Gasteiger partial charge on any atom is -0.464 e. The van der Waals surface area contributed by atoms with Crippen LogP contribution in [0.2, 0.25) is 0 Å². The van der Waals surface area contributed by atoms with Gasteiger partial charge in [-0.2, -0.15) is 5.10 Å². The van der Waals surface area contributed by atoms with E-state index in [-0.39, 0.29) is 5.17 Å². The van der Waals surface area contributed by atoms with Crippen molar-refractivity contribution in [2.45, 2.75) is 13.8 Å². The Hall–Kier alpha value is -1.55. The van der Waals surface area contributed by atoms with Crippen LogP contribution in [-0.2, 0) is 9.53 Å². The Balaban J connectivity index is 0.00000106. The van der Waals surface area contributed by atoms with E-state index in [1.165, 1.54) is 7.11 Å². The summed E-state index contributed by atoms with van der Waals surface area (Å²) in [6, 6.07) is 9.14. The molecule has 0 saturated heterocycles. The van der Waals surface area contributed by atoms with Crippen molar-refractivity contribution < 1.29 is 9.53 Å². The maximum absolute atomic E-state index is 10.8. The Morgan fingerprint density at radius 2 is 1.88 bits per heavy atom. The number of hydrogen-bond donors (Lipinski definition) is 1. The van der Waals surface area contributed by atoms with Crippen LogP contribution in [0.25, 0.3) is 0 Å². The Morgan fingerprint density at radius 1 is 1.31 bits per heavy atom. The summed E-state index contributed by atoms with van der Waals surface area (Å²) in [5.74, 6) is -0.671. The summed E-state index contributed by atoms with van der Waals surface area (Å²) in [4.78, 5) is 10.8. The normalized spacial score (nSPS) is 9.88. The minimum absolute atomic E-state index is 0.239. The van der Waals surface area contributed by atoms with Gasteiger partial charge in [0, 0.05) is 0 Å². The van der Waals surface area contributed by atoms with Crippen LogP contribution in [0.4, 0.5) is 5.69 Å². The molecule has 0 spiro atoms. The fourth-order valence-corrected chi connectivity index (χ4v) is 0.876. The molecule has 0 heterocycles. The molecule has 0 aliphatic rings. The number of anilines is 1. The van der Waals surface area contributed by atoms with Crippen LogP contribution in [-0.4, -0.2) is 18.2 Å². The summed E-state index contributed by atoms with van der Waals surface area (Å²) >= 11 is 5.49. The number of carbonyl (C=O) groups is 1. The molecular formula is C11H15ClN2O2. The van der Waals surface area contributed by atoms with E-state index in [1.54, 1.807) is 12.1 Å². The lowest BCUT2D eigenvalue weighted by molar-refractivity contribution is -0.132. The number of para-hydroxylation sites is 1. The molecule has 0 atom stereocenters. The largest absolute Gasteiger partial charge is 0.464 e. The van der Waals surface area contributed by atoms with Crippen molar-refractivity contribution in [2.24, 2.45) is 5.10 Å². The van der Waals surface area contributed by atoms with Gasteiger partial charge in [-0.05, 0) is 12.1 Å². The van der Waals surface area contributed by atoms with Crippen molar-refractivity contribution in [1.82, 2.24) is 0 Å². The van der Waals surface area contributed by atoms with E-state index in [0.29, 0.717) is 0 Å². The number of methoxy groups -OCH3 is 1. The molecule has 0 amide bonds. The fraction of sp³-hybridized carbons (Fsp3) is 0.273. The number of carbonyl (C=O) groups excluding carboxylic acids is 1. The zero-order valence-corrected chi connectivity index (χ0v) is 10.3. The molecule has 1 N–H and O–H groups in total. The summed E-state index contributed by atoms with van der Waals surface area (Å²) in [5, 5.41) is 3.38. The number of nitrogens with zero attached hydrogens (tertiary/aromatic N) is 1. The zero-order chi connectivity index (χ0) is 12.4. The number of hydrogen-bond acceptors (Lipinski definition) is 4. The van der Waals surface area contributed by atoms with Gasteiger partial charge in [-0.25, -0.2) is 4.79 Å². The molecule has 1 rings (SSSR count). The van der Waals surface area contributed by atoms with E-state index in [0.717, 1.165) is 5.69 Å². The smallest absolute Gasteiger partial charge is 0.370 e. The van der Waals surface area contributed by atoms with Gasteiger partial charge in [-0.3, -0.25) is 5.43 Å². The topological polar surface area (TPSA) is 50.7 Å². The van der Waals surface area contributed by atoms with Crippen LogP contribution >= 0.6 is 11.6 Å². The Labute approximate surface area is 100 Å². The SMILES string of the molecule is CC.COC(=O)/C(Cl)=N\Nc1ccccc1. The summed E-state index contributed by atoms with van der Waals surface area (Å²) < 4.78 is 4.36. The molecule has 1 aromatic carbocycles. The number of halogens is 1. The molecule has 1 aromatic rings. The molecule has 0 aromatic heterocycles. The maximum atomic E-state index is 10.8. The van der Waals surface area contributed by atoms with E-state index < -0.39 is 5.97 Å². The first-order valence-electron chi connectivity index (χ1n) is 4.86. The van der Waals surface area contributed by atoms with Gasteiger partial charge in [0.25, 0.3) is 0 Å². The third-order valence-corrected chi connectivity index (χ3v) is 1.65. The van der Waals surface area contributed by atoms with Crippen molar-refractivity contribution in [2.75, 3.05) is 12.5 Å². The van der Waals surface area contributed by atoms with Gasteiger partial charge in [-0.1, -0.05) is 43.6 Å². The molecular weight excluding hydrogens is 228 g/mol. The van der Waals surface area contributed by atoms with Crippen molar-refractivity contribution in [3.63, 3.8) is 0 Å². The van der Waals surface area contributed by atoms with Gasteiger partial charge in [0.2, 0.25) is 5.17 Å². The highest BCUT2D eigenvalue weighted by atomic mass is 35.5. The second kappa shape index (κ2) is 8.73. The summed E-state index contributed by atoms with van der Waals surface area (Å²) in [6.45, 7) is 4.00.